The summed E-state index contributed by atoms with van der Waals surface area (Å²) in [6.07, 6.45) is -4.68. The molecule has 0 spiro atoms. The molecule has 0 saturated carbocycles. The van der Waals surface area contributed by atoms with Crippen molar-refractivity contribution in [1.29, 1.82) is 0 Å². The lowest BCUT2D eigenvalue weighted by Crippen LogP contribution is -2.51. The van der Waals surface area contributed by atoms with Gasteiger partial charge < -0.3 is 0 Å². The van der Waals surface area contributed by atoms with Gasteiger partial charge in [0.15, 0.2) is 6.04 Å². The first-order chi connectivity index (χ1) is 9.11. The van der Waals surface area contributed by atoms with E-state index in [9.17, 15) is 22.4 Å². The molecule has 2 rings (SSSR count). The fourth-order valence-electron chi connectivity index (χ4n) is 2.38. The minimum absolute atomic E-state index is 0.0467. The average Bonchev–Trinajstić information content (AvgIpc) is 2.50. The third-order valence-electron chi connectivity index (χ3n) is 3.22. The van der Waals surface area contributed by atoms with E-state index in [0.29, 0.717) is 0 Å². The van der Waals surface area contributed by atoms with Crippen LogP contribution in [0.5, 0.6) is 0 Å². The van der Waals surface area contributed by atoms with Gasteiger partial charge in [0.2, 0.25) is 5.91 Å². The van der Waals surface area contributed by atoms with Gasteiger partial charge in [0, 0.05) is 12.0 Å². The summed E-state index contributed by atoms with van der Waals surface area (Å²) in [6.45, 7) is 3.06. The summed E-state index contributed by atoms with van der Waals surface area (Å²) in [4.78, 5) is 11.4. The van der Waals surface area contributed by atoms with Crippen molar-refractivity contribution >= 4 is 5.91 Å². The van der Waals surface area contributed by atoms with E-state index in [0.717, 1.165) is 17.1 Å². The number of nitrogens with zero attached hydrogens (tertiary/aromatic N) is 1. The lowest BCUT2D eigenvalue weighted by atomic mass is 9.97. The van der Waals surface area contributed by atoms with E-state index in [2.05, 4.69) is 5.43 Å². The number of benzene rings is 1. The van der Waals surface area contributed by atoms with E-state index in [1.54, 1.807) is 0 Å². The van der Waals surface area contributed by atoms with Gasteiger partial charge in [-0.2, -0.15) is 18.2 Å². The molecule has 1 aliphatic heterocycles. The van der Waals surface area contributed by atoms with Gasteiger partial charge >= 0.3 is 6.18 Å². The van der Waals surface area contributed by atoms with Gasteiger partial charge in [0.25, 0.3) is 0 Å². The van der Waals surface area contributed by atoms with Gasteiger partial charge in [-0.05, 0) is 31.5 Å². The molecule has 20 heavy (non-hydrogen) atoms. The number of carbonyl (C=O) groups is 1. The Morgan fingerprint density at radius 3 is 2.45 bits per heavy atom. The summed E-state index contributed by atoms with van der Waals surface area (Å²) in [6, 6.07) is 2.24. The molecular formula is C13H14F4N2O. The van der Waals surface area contributed by atoms with Gasteiger partial charge in [0.1, 0.15) is 5.82 Å². The van der Waals surface area contributed by atoms with Crippen LogP contribution in [0.3, 0.4) is 0 Å². The van der Waals surface area contributed by atoms with Crippen molar-refractivity contribution in [2.24, 2.45) is 0 Å². The Hall–Kier alpha value is -1.63. The van der Waals surface area contributed by atoms with Crippen LogP contribution in [0, 0.1) is 5.82 Å². The normalized spacial score (nSPS) is 20.8. The van der Waals surface area contributed by atoms with E-state index < -0.39 is 29.5 Å². The topological polar surface area (TPSA) is 32.3 Å². The number of rotatable bonds is 2. The maximum absolute atomic E-state index is 13.3. The SMILES string of the molecule is CC1(C)CC(=O)NN1C(c1cccc(F)c1)C(F)(F)F. The van der Waals surface area contributed by atoms with Crippen molar-refractivity contribution < 1.29 is 22.4 Å². The summed E-state index contributed by atoms with van der Waals surface area (Å²) in [7, 11) is 0. The number of alkyl halides is 3. The Kier molecular flexibility index (Phi) is 3.49. The predicted octanol–water partition coefficient (Wildman–Crippen LogP) is 2.94. The van der Waals surface area contributed by atoms with Crippen molar-refractivity contribution in [2.45, 2.75) is 38.0 Å². The van der Waals surface area contributed by atoms with Crippen LogP contribution in [-0.2, 0) is 4.79 Å². The zero-order chi connectivity index (χ0) is 15.1. The number of halogens is 4. The molecule has 1 unspecified atom stereocenters. The van der Waals surface area contributed by atoms with Crippen LogP contribution in [0.2, 0.25) is 0 Å². The maximum atomic E-state index is 13.3. The Labute approximate surface area is 113 Å². The Morgan fingerprint density at radius 2 is 2.00 bits per heavy atom. The fourth-order valence-corrected chi connectivity index (χ4v) is 2.38. The molecule has 0 aromatic heterocycles. The molecule has 0 radical (unpaired) electrons. The number of amides is 1. The first-order valence-electron chi connectivity index (χ1n) is 6.02. The van der Waals surface area contributed by atoms with Gasteiger partial charge in [-0.1, -0.05) is 12.1 Å². The highest BCUT2D eigenvalue weighted by Gasteiger charge is 2.52. The smallest absolute Gasteiger partial charge is 0.287 e. The molecule has 1 saturated heterocycles. The molecule has 1 aromatic carbocycles. The number of carbonyl (C=O) groups excluding carboxylic acids is 1. The number of hydrogen-bond donors (Lipinski definition) is 1. The lowest BCUT2D eigenvalue weighted by molar-refractivity contribution is -0.203. The highest BCUT2D eigenvalue weighted by molar-refractivity contribution is 5.79. The van der Waals surface area contributed by atoms with Gasteiger partial charge in [-0.15, -0.1) is 0 Å². The summed E-state index contributed by atoms with van der Waals surface area (Å²) in [5.74, 6) is -1.24. The van der Waals surface area contributed by atoms with E-state index in [4.69, 9.17) is 0 Å². The molecule has 1 fully saturated rings. The van der Waals surface area contributed by atoms with E-state index >= 15 is 0 Å². The molecule has 1 atom stereocenters. The van der Waals surface area contributed by atoms with Crippen LogP contribution in [0.25, 0.3) is 0 Å². The summed E-state index contributed by atoms with van der Waals surface area (Å²) in [5, 5.41) is 0.851. The maximum Gasteiger partial charge on any atom is 0.409 e. The molecule has 0 bridgehead atoms. The second kappa shape index (κ2) is 4.73. The lowest BCUT2D eigenvalue weighted by Gasteiger charge is -2.37. The van der Waals surface area contributed by atoms with E-state index in [1.807, 2.05) is 0 Å². The van der Waals surface area contributed by atoms with Crippen molar-refractivity contribution in [3.63, 3.8) is 0 Å². The van der Waals surface area contributed by atoms with Crippen LogP contribution in [0.1, 0.15) is 31.9 Å². The monoisotopic (exact) mass is 290 g/mol. The first-order valence-corrected chi connectivity index (χ1v) is 6.02. The zero-order valence-electron chi connectivity index (χ0n) is 11.0. The minimum atomic E-state index is -4.64. The van der Waals surface area contributed by atoms with Crippen LogP contribution < -0.4 is 5.43 Å². The third-order valence-corrected chi connectivity index (χ3v) is 3.22. The molecule has 1 aliphatic rings. The summed E-state index contributed by atoms with van der Waals surface area (Å²) < 4.78 is 53.2. The van der Waals surface area contributed by atoms with Crippen LogP contribution in [0.4, 0.5) is 17.6 Å². The standard InChI is InChI=1S/C13H14F4N2O/c1-12(2)7-10(20)18-19(12)11(13(15,16)17)8-4-3-5-9(14)6-8/h3-6,11H,7H2,1-2H3,(H,18,20). The Morgan fingerprint density at radius 1 is 1.35 bits per heavy atom. The number of nitrogens with one attached hydrogen (secondary N) is 1. The van der Waals surface area contributed by atoms with Crippen molar-refractivity contribution in [3.8, 4) is 0 Å². The van der Waals surface area contributed by atoms with E-state index in [1.165, 1.54) is 26.0 Å². The van der Waals surface area contributed by atoms with Crippen LogP contribution >= 0.6 is 0 Å². The van der Waals surface area contributed by atoms with E-state index in [-0.39, 0.29) is 12.0 Å². The third kappa shape index (κ3) is 2.77. The number of hydrogen-bond acceptors (Lipinski definition) is 2. The molecule has 1 heterocycles. The minimum Gasteiger partial charge on any atom is -0.287 e. The molecular weight excluding hydrogens is 276 g/mol. The summed E-state index contributed by atoms with van der Waals surface area (Å²) >= 11 is 0. The Balaban J connectivity index is 2.47. The molecule has 3 nitrogen and oxygen atoms in total. The molecule has 110 valence electrons. The molecule has 7 heteroatoms. The molecule has 0 aliphatic carbocycles. The Bertz CT molecular complexity index is 527. The van der Waals surface area contributed by atoms with Gasteiger partial charge in [-0.3, -0.25) is 10.2 Å². The van der Waals surface area contributed by atoms with Crippen molar-refractivity contribution in [3.05, 3.63) is 35.6 Å². The van der Waals surface area contributed by atoms with Crippen LogP contribution in [-0.4, -0.2) is 22.6 Å². The predicted molar refractivity (Wildman–Crippen MR) is 63.9 cm³/mol. The first kappa shape index (κ1) is 14.8. The van der Waals surface area contributed by atoms with Gasteiger partial charge in [-0.25, -0.2) is 4.39 Å². The highest BCUT2D eigenvalue weighted by Crippen LogP contribution is 2.42. The van der Waals surface area contributed by atoms with Crippen molar-refractivity contribution in [2.75, 3.05) is 0 Å². The second-order valence-corrected chi connectivity index (χ2v) is 5.39. The zero-order valence-corrected chi connectivity index (χ0v) is 11.0. The quantitative estimate of drug-likeness (QED) is 0.849. The molecule has 1 amide bonds. The largest absolute Gasteiger partial charge is 0.409 e. The molecule has 1 aromatic rings. The van der Waals surface area contributed by atoms with Crippen molar-refractivity contribution in [1.82, 2.24) is 10.4 Å². The molecule has 1 N–H and O–H groups in total. The fraction of sp³-hybridized carbons (Fsp3) is 0.462. The number of hydrazine groups is 1. The van der Waals surface area contributed by atoms with Gasteiger partial charge in [0.05, 0.1) is 0 Å². The second-order valence-electron chi connectivity index (χ2n) is 5.39. The highest BCUT2D eigenvalue weighted by atomic mass is 19.4. The average molecular weight is 290 g/mol. The summed E-state index contributed by atoms with van der Waals surface area (Å²) in [5.41, 5.74) is 0.968. The van der Waals surface area contributed by atoms with Crippen LogP contribution in [0.15, 0.2) is 24.3 Å².